The Morgan fingerprint density at radius 2 is 1.33 bits per heavy atom. The molecule has 0 spiro atoms. The molecule has 1 unspecified atom stereocenters. The van der Waals surface area contributed by atoms with E-state index in [0.29, 0.717) is 17.4 Å². The lowest BCUT2D eigenvalue weighted by molar-refractivity contribution is -0.870. The minimum absolute atomic E-state index is 0.0484. The lowest BCUT2D eigenvalue weighted by Gasteiger charge is -2.24. The summed E-state index contributed by atoms with van der Waals surface area (Å²) in [7, 11) is 3.75. The number of allylic oxidation sites excluding steroid dienone is 8. The number of phosphoric ester groups is 1. The van der Waals surface area contributed by atoms with E-state index >= 15 is 0 Å². The smallest absolute Gasteiger partial charge is 0.354 e. The molecule has 0 radical (unpaired) electrons. The molecule has 0 aromatic heterocycles. The van der Waals surface area contributed by atoms with Crippen LogP contribution < -0.4 is 5.32 Å². The number of quaternary nitrogens is 1. The van der Waals surface area contributed by atoms with Crippen LogP contribution in [0.5, 0.6) is 0 Å². The summed E-state index contributed by atoms with van der Waals surface area (Å²) in [4.78, 5) is 11.9. The number of carbonyl (C=O) groups excluding carboxylic acids is 1. The number of rotatable bonds is 23. The van der Waals surface area contributed by atoms with Crippen molar-refractivity contribution in [1.82, 2.24) is 5.32 Å². The quantitative estimate of drug-likeness (QED) is 0.0689. The van der Waals surface area contributed by atoms with E-state index in [1.165, 1.54) is 32.8 Å². The van der Waals surface area contributed by atoms with E-state index in [1.54, 1.807) is 0 Å². The fraction of sp³-hybridized carbons (Fsp3) is 0.679. The minimum atomic E-state index is -3.58. The zero-order valence-electron chi connectivity index (χ0n) is 23.5. The van der Waals surface area contributed by atoms with Gasteiger partial charge in [0.25, 0.3) is 0 Å². The summed E-state index contributed by atoms with van der Waals surface area (Å²) in [6.45, 7) is 3.49. The van der Waals surface area contributed by atoms with Crippen molar-refractivity contribution in [3.8, 4) is 0 Å². The third-order valence-electron chi connectivity index (χ3n) is 5.14. The molecule has 1 N–H and O–H groups in total. The number of carbonyl (C=O) groups is 1. The van der Waals surface area contributed by atoms with Crippen molar-refractivity contribution < 1.29 is 27.4 Å². The first kappa shape index (κ1) is 34.5. The van der Waals surface area contributed by atoms with Crippen molar-refractivity contribution in [3.05, 3.63) is 48.6 Å². The van der Waals surface area contributed by atoms with Gasteiger partial charge in [-0.3, -0.25) is 18.4 Å². The molecule has 1 atom stereocenters. The molecule has 208 valence electrons. The highest BCUT2D eigenvalue weighted by atomic mass is 31.2. The molecule has 0 fully saturated rings. The van der Waals surface area contributed by atoms with Gasteiger partial charge in [0, 0.05) is 20.1 Å². The highest BCUT2D eigenvalue weighted by Crippen LogP contribution is 2.48. The van der Waals surface area contributed by atoms with Crippen molar-refractivity contribution >= 4 is 13.7 Å². The first-order chi connectivity index (χ1) is 17.2. The first-order valence-corrected chi connectivity index (χ1v) is 14.8. The van der Waals surface area contributed by atoms with Gasteiger partial charge in [-0.15, -0.1) is 0 Å². The summed E-state index contributed by atoms with van der Waals surface area (Å²) < 4.78 is 28.5. The van der Waals surface area contributed by atoms with Gasteiger partial charge in [0.1, 0.15) is 13.2 Å². The maximum atomic E-state index is 12.4. The maximum Gasteiger partial charge on any atom is 0.474 e. The van der Waals surface area contributed by atoms with Crippen LogP contribution in [-0.4, -0.2) is 64.9 Å². The number of phosphoric acid groups is 1. The van der Waals surface area contributed by atoms with Crippen LogP contribution in [0.15, 0.2) is 48.6 Å². The average molecular weight is 528 g/mol. The molecule has 0 aliphatic carbocycles. The zero-order valence-corrected chi connectivity index (χ0v) is 24.3. The van der Waals surface area contributed by atoms with E-state index in [-0.39, 0.29) is 25.7 Å². The van der Waals surface area contributed by atoms with Gasteiger partial charge >= 0.3 is 7.82 Å². The molecule has 0 rings (SSSR count). The second-order valence-corrected chi connectivity index (χ2v) is 11.4. The largest absolute Gasteiger partial charge is 0.474 e. The predicted octanol–water partition coefficient (Wildman–Crippen LogP) is 6.74. The Bertz CT molecular complexity index is 711. The average Bonchev–Trinajstić information content (AvgIpc) is 2.83. The Kier molecular flexibility index (Phi) is 21.7. The molecule has 8 heteroatoms. The predicted molar refractivity (Wildman–Crippen MR) is 151 cm³/mol. The van der Waals surface area contributed by atoms with Crippen LogP contribution in [-0.2, 0) is 22.9 Å². The molecule has 1 amide bonds. The molecule has 0 bridgehead atoms. The van der Waals surface area contributed by atoms with Crippen molar-refractivity contribution in [1.29, 1.82) is 0 Å². The van der Waals surface area contributed by atoms with Crippen LogP contribution in [0.4, 0.5) is 0 Å². The van der Waals surface area contributed by atoms with Gasteiger partial charge < -0.3 is 9.80 Å². The number of nitrogens with one attached hydrogen (secondary N) is 1. The Hall–Kier alpha value is -1.50. The molecule has 7 nitrogen and oxygen atoms in total. The SMILES string of the molecule is CCCCC/C=C\C/C=C\C/C=C\C/C=C\CCCC(=O)NCCOP(=O)(OC)OCC[N+](C)(C)C. The lowest BCUT2D eigenvalue weighted by atomic mass is 10.2. The van der Waals surface area contributed by atoms with Gasteiger partial charge in [-0.25, -0.2) is 4.57 Å². The number of nitrogens with zero attached hydrogens (tertiary/aromatic N) is 1. The molecule has 0 aromatic carbocycles. The number of amides is 1. The van der Waals surface area contributed by atoms with Gasteiger partial charge in [-0.1, -0.05) is 68.4 Å². The molecular formula is C28H52N2O5P+. The molecule has 0 heterocycles. The van der Waals surface area contributed by atoms with E-state index < -0.39 is 7.82 Å². The highest BCUT2D eigenvalue weighted by molar-refractivity contribution is 7.48. The van der Waals surface area contributed by atoms with E-state index in [0.717, 1.165) is 32.1 Å². The molecule has 0 aromatic rings. The standard InChI is InChI=1S/C28H51N2O5P/c1-6-7-8-9-10-11-12-13-14-15-16-17-18-19-20-21-22-23-28(31)29-24-26-34-36(32,33-5)35-27-25-30(2,3)4/h10-11,13-14,16-17,19-20H,6-9,12,15,18,21-27H2,1-5H3/p+1/b11-10-,14-13-,17-16-,20-19-. The van der Waals surface area contributed by atoms with E-state index in [4.69, 9.17) is 13.6 Å². The second-order valence-electron chi connectivity index (χ2n) is 9.64. The van der Waals surface area contributed by atoms with Crippen molar-refractivity contribution in [2.75, 3.05) is 54.6 Å². The van der Waals surface area contributed by atoms with Crippen LogP contribution in [0.2, 0.25) is 0 Å². The molecule has 0 aliphatic rings. The zero-order chi connectivity index (χ0) is 27.0. The third kappa shape index (κ3) is 24.2. The van der Waals surface area contributed by atoms with Crippen molar-refractivity contribution in [2.24, 2.45) is 0 Å². The van der Waals surface area contributed by atoms with Crippen molar-refractivity contribution in [3.63, 3.8) is 0 Å². The Morgan fingerprint density at radius 1 is 0.806 bits per heavy atom. The molecular weight excluding hydrogens is 475 g/mol. The summed E-state index contributed by atoms with van der Waals surface area (Å²) in [5.41, 5.74) is 0. The molecule has 0 saturated carbocycles. The Balaban J connectivity index is 3.74. The van der Waals surface area contributed by atoms with Crippen LogP contribution in [0.25, 0.3) is 0 Å². The van der Waals surface area contributed by atoms with E-state index in [9.17, 15) is 9.36 Å². The Labute approximate surface area is 220 Å². The third-order valence-corrected chi connectivity index (χ3v) is 6.59. The summed E-state index contributed by atoms with van der Waals surface area (Å²) in [5.74, 6) is -0.0484. The summed E-state index contributed by atoms with van der Waals surface area (Å²) in [5, 5.41) is 2.77. The summed E-state index contributed by atoms with van der Waals surface area (Å²) in [6, 6.07) is 0. The molecule has 0 saturated heterocycles. The van der Waals surface area contributed by atoms with Crippen LogP contribution >= 0.6 is 7.82 Å². The Morgan fingerprint density at radius 3 is 1.86 bits per heavy atom. The van der Waals surface area contributed by atoms with Crippen molar-refractivity contribution in [2.45, 2.75) is 71.1 Å². The highest BCUT2D eigenvalue weighted by Gasteiger charge is 2.25. The summed E-state index contributed by atoms with van der Waals surface area (Å²) >= 11 is 0. The van der Waals surface area contributed by atoms with E-state index in [1.807, 2.05) is 21.1 Å². The van der Waals surface area contributed by atoms with Crippen LogP contribution in [0.1, 0.15) is 71.1 Å². The van der Waals surface area contributed by atoms with Gasteiger partial charge in [0.2, 0.25) is 5.91 Å². The van der Waals surface area contributed by atoms with Crippen LogP contribution in [0.3, 0.4) is 0 Å². The second kappa shape index (κ2) is 22.7. The minimum Gasteiger partial charge on any atom is -0.354 e. The first-order valence-electron chi connectivity index (χ1n) is 13.3. The lowest BCUT2D eigenvalue weighted by Crippen LogP contribution is -2.37. The fourth-order valence-electron chi connectivity index (χ4n) is 2.95. The number of hydrogen-bond acceptors (Lipinski definition) is 5. The number of unbranched alkanes of at least 4 members (excludes halogenated alkanes) is 4. The monoisotopic (exact) mass is 527 g/mol. The van der Waals surface area contributed by atoms with Gasteiger partial charge in [-0.2, -0.15) is 0 Å². The normalized spacial score (nSPS) is 14.5. The van der Waals surface area contributed by atoms with E-state index in [2.05, 4.69) is 60.8 Å². The fourth-order valence-corrected chi connectivity index (χ4v) is 3.85. The van der Waals surface area contributed by atoms with Gasteiger partial charge in [0.15, 0.2) is 0 Å². The molecule has 36 heavy (non-hydrogen) atoms. The number of likely N-dealkylation sites (N-methyl/N-ethyl adjacent to an activating group) is 1. The maximum absolute atomic E-state index is 12.4. The van der Waals surface area contributed by atoms with Crippen LogP contribution in [0, 0.1) is 0 Å². The number of hydrogen-bond donors (Lipinski definition) is 1. The van der Waals surface area contributed by atoms with Gasteiger partial charge in [-0.05, 0) is 44.9 Å². The topological polar surface area (TPSA) is 73.9 Å². The summed E-state index contributed by atoms with van der Waals surface area (Å²) in [6.07, 6.45) is 27.6. The molecule has 0 aliphatic heterocycles. The van der Waals surface area contributed by atoms with Gasteiger partial charge in [0.05, 0.1) is 27.7 Å².